The number of carbonyl (C=O) groups excluding carboxylic acids is 4. The molecule has 1 atom stereocenters. The molecule has 9 heteroatoms. The molecule has 0 aromatic carbocycles. The van der Waals surface area contributed by atoms with Gasteiger partial charge in [0.1, 0.15) is 0 Å². The molecule has 144 valence electrons. The van der Waals surface area contributed by atoms with Crippen LogP contribution in [0.4, 0.5) is 0 Å². The van der Waals surface area contributed by atoms with Gasteiger partial charge in [0.05, 0.1) is 50.9 Å². The van der Waals surface area contributed by atoms with E-state index in [4.69, 9.17) is 18.9 Å². The quantitative estimate of drug-likeness (QED) is 0.507. The molecule has 2 heterocycles. The lowest BCUT2D eigenvalue weighted by atomic mass is 9.86. The van der Waals surface area contributed by atoms with Gasteiger partial charge in [-0.3, -0.25) is 0 Å². The maximum absolute atomic E-state index is 12.5. The van der Waals surface area contributed by atoms with Crippen LogP contribution >= 0.6 is 0 Å². The lowest BCUT2D eigenvalue weighted by Crippen LogP contribution is -2.47. The molecule has 0 aliphatic carbocycles. The van der Waals surface area contributed by atoms with E-state index < -0.39 is 35.5 Å². The highest BCUT2D eigenvalue weighted by atomic mass is 16.5. The molecule has 0 amide bonds. The van der Waals surface area contributed by atoms with Crippen molar-refractivity contribution in [1.82, 2.24) is 4.90 Å². The Hall–Kier alpha value is -3.36. The van der Waals surface area contributed by atoms with E-state index in [0.717, 1.165) is 34.0 Å². The van der Waals surface area contributed by atoms with E-state index in [9.17, 15) is 19.2 Å². The van der Waals surface area contributed by atoms with E-state index in [2.05, 4.69) is 0 Å². The van der Waals surface area contributed by atoms with Crippen molar-refractivity contribution < 1.29 is 38.1 Å². The third kappa shape index (κ3) is 3.35. The second kappa shape index (κ2) is 7.90. The minimum absolute atomic E-state index is 0.191. The predicted octanol–water partition coefficient (Wildman–Crippen LogP) is 0.387. The molecule has 27 heavy (non-hydrogen) atoms. The largest absolute Gasteiger partial charge is 0.467 e. The van der Waals surface area contributed by atoms with Gasteiger partial charge in [0.15, 0.2) is 6.04 Å². The fraction of sp³-hybridized carbons (Fsp3) is 0.333. The van der Waals surface area contributed by atoms with E-state index in [1.807, 2.05) is 0 Å². The first-order valence-electron chi connectivity index (χ1n) is 7.78. The first kappa shape index (κ1) is 20.0. The van der Waals surface area contributed by atoms with Crippen LogP contribution in [0.2, 0.25) is 0 Å². The molecule has 0 bridgehead atoms. The highest BCUT2D eigenvalue weighted by molar-refractivity contribution is 6.15. The zero-order valence-corrected chi connectivity index (χ0v) is 15.5. The standard InChI is InChI=1S/C18H19NO8/c1-9-6-7-10-11(15(20)24-2)12(16(21)25-3)13(17(22)26-4)14(18(23)27-5)19(10)8-9/h6-8,14H,1-5H3. The molecule has 0 saturated heterocycles. The molecule has 2 aliphatic rings. The molecule has 0 spiro atoms. The molecule has 2 rings (SSSR count). The van der Waals surface area contributed by atoms with Crippen LogP contribution in [0.15, 0.2) is 46.3 Å². The number of allylic oxidation sites excluding steroid dienone is 3. The number of fused-ring (bicyclic) bond motifs is 1. The Morgan fingerprint density at radius 1 is 0.815 bits per heavy atom. The van der Waals surface area contributed by atoms with Crippen LogP contribution in [-0.2, 0) is 38.1 Å². The molecule has 9 nitrogen and oxygen atoms in total. The van der Waals surface area contributed by atoms with Crippen molar-refractivity contribution in [1.29, 1.82) is 0 Å². The zero-order chi connectivity index (χ0) is 20.3. The van der Waals surface area contributed by atoms with Crippen LogP contribution in [0.3, 0.4) is 0 Å². The van der Waals surface area contributed by atoms with Crippen LogP contribution in [0.25, 0.3) is 0 Å². The summed E-state index contributed by atoms with van der Waals surface area (Å²) in [5.41, 5.74) is -0.0708. The van der Waals surface area contributed by atoms with Gasteiger partial charge in [0.25, 0.3) is 0 Å². The molecule has 0 aromatic heterocycles. The minimum Gasteiger partial charge on any atom is -0.467 e. The SMILES string of the molecule is COC(=O)C1=C(C(=O)OC)C(C(=O)OC)N2C=C(C)C=CC2=C1C(=O)OC. The molecule has 0 saturated carbocycles. The highest BCUT2D eigenvalue weighted by Crippen LogP contribution is 2.38. The Bertz CT molecular complexity index is 830. The first-order valence-corrected chi connectivity index (χ1v) is 7.78. The number of rotatable bonds is 4. The lowest BCUT2D eigenvalue weighted by molar-refractivity contribution is -0.148. The number of nitrogens with zero attached hydrogens (tertiary/aromatic N) is 1. The van der Waals surface area contributed by atoms with E-state index in [-0.39, 0.29) is 16.8 Å². The number of hydrogen-bond acceptors (Lipinski definition) is 9. The van der Waals surface area contributed by atoms with Gasteiger partial charge >= 0.3 is 23.9 Å². The summed E-state index contributed by atoms with van der Waals surface area (Å²) in [5, 5.41) is 0. The van der Waals surface area contributed by atoms with Crippen molar-refractivity contribution in [2.24, 2.45) is 0 Å². The van der Waals surface area contributed by atoms with Gasteiger partial charge in [-0.05, 0) is 18.6 Å². The van der Waals surface area contributed by atoms with Crippen molar-refractivity contribution in [3.8, 4) is 0 Å². The van der Waals surface area contributed by atoms with Crippen LogP contribution < -0.4 is 0 Å². The third-order valence-corrected chi connectivity index (χ3v) is 4.06. The van der Waals surface area contributed by atoms with Gasteiger partial charge in [-0.1, -0.05) is 6.08 Å². The average Bonchev–Trinajstić information content (AvgIpc) is 2.69. The van der Waals surface area contributed by atoms with E-state index in [1.165, 1.54) is 11.0 Å². The van der Waals surface area contributed by atoms with Crippen molar-refractivity contribution >= 4 is 23.9 Å². The fourth-order valence-corrected chi connectivity index (χ4v) is 2.88. The summed E-state index contributed by atoms with van der Waals surface area (Å²) in [6, 6.07) is -1.35. The van der Waals surface area contributed by atoms with Crippen molar-refractivity contribution in [3.63, 3.8) is 0 Å². The molecular formula is C18H19NO8. The van der Waals surface area contributed by atoms with Crippen molar-refractivity contribution in [2.45, 2.75) is 13.0 Å². The summed E-state index contributed by atoms with van der Waals surface area (Å²) in [5.74, 6) is -3.67. The van der Waals surface area contributed by atoms with Crippen LogP contribution in [0.1, 0.15) is 6.92 Å². The number of hydrogen-bond donors (Lipinski definition) is 0. The van der Waals surface area contributed by atoms with Gasteiger partial charge < -0.3 is 23.8 Å². The number of methoxy groups -OCH3 is 4. The maximum atomic E-state index is 12.5. The smallest absolute Gasteiger partial charge is 0.340 e. The number of carbonyl (C=O) groups is 4. The Morgan fingerprint density at radius 3 is 1.89 bits per heavy atom. The Morgan fingerprint density at radius 2 is 1.37 bits per heavy atom. The Kier molecular flexibility index (Phi) is 5.84. The molecule has 1 unspecified atom stereocenters. The monoisotopic (exact) mass is 377 g/mol. The van der Waals surface area contributed by atoms with Crippen LogP contribution in [0, 0.1) is 0 Å². The highest BCUT2D eigenvalue weighted by Gasteiger charge is 2.47. The second-order valence-corrected chi connectivity index (χ2v) is 5.56. The van der Waals surface area contributed by atoms with Crippen molar-refractivity contribution in [2.75, 3.05) is 28.4 Å². The molecule has 0 fully saturated rings. The second-order valence-electron chi connectivity index (χ2n) is 5.56. The predicted molar refractivity (Wildman–Crippen MR) is 90.6 cm³/mol. The van der Waals surface area contributed by atoms with Crippen LogP contribution in [-0.4, -0.2) is 63.3 Å². The lowest BCUT2D eigenvalue weighted by Gasteiger charge is -2.37. The fourth-order valence-electron chi connectivity index (χ4n) is 2.88. The summed E-state index contributed by atoms with van der Waals surface area (Å²) in [6.07, 6.45) is 4.77. The molecule has 0 aromatic rings. The van der Waals surface area contributed by atoms with Gasteiger partial charge in [0.2, 0.25) is 0 Å². The van der Waals surface area contributed by atoms with E-state index >= 15 is 0 Å². The Labute approximate surface area is 155 Å². The number of ether oxygens (including phenoxy) is 4. The normalized spacial score (nSPS) is 18.5. The summed E-state index contributed by atoms with van der Waals surface area (Å²) < 4.78 is 19.1. The minimum atomic E-state index is -1.35. The van der Waals surface area contributed by atoms with E-state index in [0.29, 0.717) is 0 Å². The topological polar surface area (TPSA) is 108 Å². The average molecular weight is 377 g/mol. The molecule has 0 radical (unpaired) electrons. The molecule has 0 N–H and O–H groups in total. The Balaban J connectivity index is 2.95. The summed E-state index contributed by atoms with van der Waals surface area (Å²) >= 11 is 0. The first-order chi connectivity index (χ1) is 12.8. The van der Waals surface area contributed by atoms with Gasteiger partial charge in [0, 0.05) is 6.20 Å². The van der Waals surface area contributed by atoms with Gasteiger partial charge in [-0.2, -0.15) is 0 Å². The van der Waals surface area contributed by atoms with Crippen molar-refractivity contribution in [3.05, 3.63) is 46.3 Å². The summed E-state index contributed by atoms with van der Waals surface area (Å²) in [7, 11) is 4.45. The molecule has 2 aliphatic heterocycles. The zero-order valence-electron chi connectivity index (χ0n) is 15.5. The number of esters is 4. The van der Waals surface area contributed by atoms with E-state index in [1.54, 1.807) is 19.2 Å². The molecular weight excluding hydrogens is 358 g/mol. The summed E-state index contributed by atoms with van der Waals surface area (Å²) in [4.78, 5) is 51.3. The maximum Gasteiger partial charge on any atom is 0.340 e. The van der Waals surface area contributed by atoms with Gasteiger partial charge in [-0.25, -0.2) is 19.2 Å². The van der Waals surface area contributed by atoms with Gasteiger partial charge in [-0.15, -0.1) is 0 Å². The third-order valence-electron chi connectivity index (χ3n) is 4.06. The summed E-state index contributed by atoms with van der Waals surface area (Å²) in [6.45, 7) is 1.76. The van der Waals surface area contributed by atoms with Crippen LogP contribution in [0.5, 0.6) is 0 Å².